The molecule has 0 bridgehead atoms. The van der Waals surface area contributed by atoms with Gasteiger partial charge in [0.25, 0.3) is 0 Å². The highest BCUT2D eigenvalue weighted by molar-refractivity contribution is 6.02. The van der Waals surface area contributed by atoms with E-state index >= 15 is 0 Å². The van der Waals surface area contributed by atoms with E-state index in [0.717, 1.165) is 24.2 Å². The SMILES string of the molecule is CCCN(c1ccccc1/C(N)=N/O)C1CC1. The molecule has 0 radical (unpaired) electrons. The van der Waals surface area contributed by atoms with Gasteiger partial charge in [-0.2, -0.15) is 0 Å². The number of amidine groups is 1. The Balaban J connectivity index is 2.34. The van der Waals surface area contributed by atoms with Crippen molar-refractivity contribution in [1.29, 1.82) is 0 Å². The lowest BCUT2D eigenvalue weighted by Gasteiger charge is -2.26. The Kier molecular flexibility index (Phi) is 3.52. The molecule has 0 aliphatic heterocycles. The normalized spacial score (nSPS) is 15.9. The molecule has 0 saturated heterocycles. The van der Waals surface area contributed by atoms with Gasteiger partial charge in [-0.05, 0) is 31.4 Å². The molecular formula is C13H19N3O. The van der Waals surface area contributed by atoms with Gasteiger partial charge >= 0.3 is 0 Å². The molecule has 4 nitrogen and oxygen atoms in total. The summed E-state index contributed by atoms with van der Waals surface area (Å²) in [5.41, 5.74) is 7.61. The third-order valence-corrected chi connectivity index (χ3v) is 3.05. The van der Waals surface area contributed by atoms with E-state index in [1.165, 1.54) is 12.8 Å². The van der Waals surface area contributed by atoms with Gasteiger partial charge in [-0.1, -0.05) is 24.2 Å². The van der Waals surface area contributed by atoms with Gasteiger partial charge in [0, 0.05) is 23.8 Å². The van der Waals surface area contributed by atoms with E-state index in [4.69, 9.17) is 10.9 Å². The molecule has 1 aliphatic rings. The summed E-state index contributed by atoms with van der Waals surface area (Å²) in [4.78, 5) is 2.37. The minimum Gasteiger partial charge on any atom is -0.409 e. The van der Waals surface area contributed by atoms with Crippen molar-refractivity contribution < 1.29 is 5.21 Å². The molecule has 3 N–H and O–H groups in total. The van der Waals surface area contributed by atoms with Crippen molar-refractivity contribution in [1.82, 2.24) is 0 Å². The lowest BCUT2D eigenvalue weighted by atomic mass is 10.1. The predicted molar refractivity (Wildman–Crippen MR) is 69.6 cm³/mol. The fourth-order valence-corrected chi connectivity index (χ4v) is 2.12. The first-order valence-corrected chi connectivity index (χ1v) is 6.11. The maximum absolute atomic E-state index is 8.82. The fraction of sp³-hybridized carbons (Fsp3) is 0.462. The van der Waals surface area contributed by atoms with Crippen LogP contribution in [0.3, 0.4) is 0 Å². The number of oxime groups is 1. The van der Waals surface area contributed by atoms with E-state index in [-0.39, 0.29) is 5.84 Å². The Morgan fingerprint density at radius 2 is 2.18 bits per heavy atom. The molecule has 4 heteroatoms. The average molecular weight is 233 g/mol. The third kappa shape index (κ3) is 2.52. The number of anilines is 1. The molecular weight excluding hydrogens is 214 g/mol. The Morgan fingerprint density at radius 3 is 2.76 bits per heavy atom. The minimum absolute atomic E-state index is 0.183. The second-order valence-electron chi connectivity index (χ2n) is 4.43. The largest absolute Gasteiger partial charge is 0.409 e. The molecule has 0 amide bonds. The quantitative estimate of drug-likeness (QED) is 0.354. The third-order valence-electron chi connectivity index (χ3n) is 3.05. The van der Waals surface area contributed by atoms with Crippen molar-refractivity contribution in [2.45, 2.75) is 32.2 Å². The molecule has 1 fully saturated rings. The summed E-state index contributed by atoms with van der Waals surface area (Å²) in [6, 6.07) is 8.47. The summed E-state index contributed by atoms with van der Waals surface area (Å²) >= 11 is 0. The molecule has 0 spiro atoms. The van der Waals surface area contributed by atoms with E-state index in [1.807, 2.05) is 24.3 Å². The van der Waals surface area contributed by atoms with Crippen LogP contribution in [-0.4, -0.2) is 23.6 Å². The second-order valence-corrected chi connectivity index (χ2v) is 4.43. The molecule has 1 aromatic rings. The summed E-state index contributed by atoms with van der Waals surface area (Å²) in [7, 11) is 0. The number of nitrogens with two attached hydrogens (primary N) is 1. The number of para-hydroxylation sites is 1. The van der Waals surface area contributed by atoms with Gasteiger partial charge < -0.3 is 15.8 Å². The molecule has 92 valence electrons. The van der Waals surface area contributed by atoms with Crippen LogP contribution in [0.25, 0.3) is 0 Å². The highest BCUT2D eigenvalue weighted by Crippen LogP contribution is 2.33. The van der Waals surface area contributed by atoms with Gasteiger partial charge in [-0.25, -0.2) is 0 Å². The van der Waals surface area contributed by atoms with Crippen LogP contribution in [0, 0.1) is 0 Å². The van der Waals surface area contributed by atoms with Crippen LogP contribution in [0.1, 0.15) is 31.7 Å². The summed E-state index contributed by atoms with van der Waals surface area (Å²) in [6.07, 6.45) is 3.58. The molecule has 0 aromatic heterocycles. The summed E-state index contributed by atoms with van der Waals surface area (Å²) in [5.74, 6) is 0.183. The summed E-state index contributed by atoms with van der Waals surface area (Å²) < 4.78 is 0. The zero-order chi connectivity index (χ0) is 12.3. The topological polar surface area (TPSA) is 61.8 Å². The van der Waals surface area contributed by atoms with Crippen LogP contribution in [0.15, 0.2) is 29.4 Å². The molecule has 1 aliphatic carbocycles. The molecule has 1 aromatic carbocycles. The number of rotatable bonds is 5. The number of nitrogens with zero attached hydrogens (tertiary/aromatic N) is 2. The monoisotopic (exact) mass is 233 g/mol. The molecule has 0 atom stereocenters. The summed E-state index contributed by atoms with van der Waals surface area (Å²) in [6.45, 7) is 3.18. The molecule has 2 rings (SSSR count). The van der Waals surface area contributed by atoms with Crippen LogP contribution >= 0.6 is 0 Å². The zero-order valence-corrected chi connectivity index (χ0v) is 10.1. The minimum atomic E-state index is 0.183. The second kappa shape index (κ2) is 5.08. The van der Waals surface area contributed by atoms with E-state index in [2.05, 4.69) is 17.0 Å². The first-order valence-electron chi connectivity index (χ1n) is 6.11. The van der Waals surface area contributed by atoms with E-state index < -0.39 is 0 Å². The Hall–Kier alpha value is -1.71. The first kappa shape index (κ1) is 11.8. The standard InChI is InChI=1S/C13H19N3O/c1-2-9-16(10-7-8-10)12-6-4-3-5-11(12)13(14)15-17/h3-6,10,17H,2,7-9H2,1H3,(H2,14,15). The van der Waals surface area contributed by atoms with E-state index in [1.54, 1.807) is 0 Å². The van der Waals surface area contributed by atoms with Crippen molar-refractivity contribution in [2.75, 3.05) is 11.4 Å². The maximum atomic E-state index is 8.82. The average Bonchev–Trinajstić information content (AvgIpc) is 3.19. The molecule has 17 heavy (non-hydrogen) atoms. The van der Waals surface area contributed by atoms with Crippen LogP contribution in [0.4, 0.5) is 5.69 Å². The van der Waals surface area contributed by atoms with E-state index in [9.17, 15) is 0 Å². The van der Waals surface area contributed by atoms with Crippen molar-refractivity contribution in [3.05, 3.63) is 29.8 Å². The van der Waals surface area contributed by atoms with Gasteiger partial charge in [0.15, 0.2) is 5.84 Å². The maximum Gasteiger partial charge on any atom is 0.172 e. The van der Waals surface area contributed by atoms with Crippen LogP contribution in [0.2, 0.25) is 0 Å². The lowest BCUT2D eigenvalue weighted by molar-refractivity contribution is 0.318. The summed E-state index contributed by atoms with van der Waals surface area (Å²) in [5, 5.41) is 11.9. The number of benzene rings is 1. The van der Waals surface area contributed by atoms with Gasteiger partial charge in [0.1, 0.15) is 0 Å². The smallest absolute Gasteiger partial charge is 0.172 e. The lowest BCUT2D eigenvalue weighted by Crippen LogP contribution is -2.29. The first-order chi connectivity index (χ1) is 8.27. The Morgan fingerprint density at radius 1 is 1.47 bits per heavy atom. The Bertz CT molecular complexity index is 413. The highest BCUT2D eigenvalue weighted by Gasteiger charge is 2.30. The molecule has 0 heterocycles. The van der Waals surface area contributed by atoms with Gasteiger partial charge in [-0.15, -0.1) is 0 Å². The molecule has 1 saturated carbocycles. The fourth-order valence-electron chi connectivity index (χ4n) is 2.12. The van der Waals surface area contributed by atoms with Gasteiger partial charge in [0.05, 0.1) is 0 Å². The number of hydrogen-bond donors (Lipinski definition) is 2. The van der Waals surface area contributed by atoms with Crippen molar-refractivity contribution in [3.8, 4) is 0 Å². The van der Waals surface area contributed by atoms with Crippen LogP contribution in [-0.2, 0) is 0 Å². The van der Waals surface area contributed by atoms with Gasteiger partial charge in [0.2, 0.25) is 0 Å². The van der Waals surface area contributed by atoms with E-state index in [0.29, 0.717) is 6.04 Å². The van der Waals surface area contributed by atoms with Crippen molar-refractivity contribution in [3.63, 3.8) is 0 Å². The Labute approximate surface area is 102 Å². The molecule has 0 unspecified atom stereocenters. The zero-order valence-electron chi connectivity index (χ0n) is 10.1. The predicted octanol–water partition coefficient (Wildman–Crippen LogP) is 2.16. The van der Waals surface area contributed by atoms with Crippen LogP contribution in [0.5, 0.6) is 0 Å². The van der Waals surface area contributed by atoms with Crippen LogP contribution < -0.4 is 10.6 Å². The highest BCUT2D eigenvalue weighted by atomic mass is 16.4. The van der Waals surface area contributed by atoms with Crippen molar-refractivity contribution in [2.24, 2.45) is 10.9 Å². The van der Waals surface area contributed by atoms with Crippen molar-refractivity contribution >= 4 is 11.5 Å². The van der Waals surface area contributed by atoms with Gasteiger partial charge in [-0.3, -0.25) is 0 Å². The number of hydrogen-bond acceptors (Lipinski definition) is 3.